The van der Waals surface area contributed by atoms with Gasteiger partial charge in [0.05, 0.1) is 15.5 Å². The Balaban J connectivity index is 2.09. The molecule has 6 heteroatoms. The van der Waals surface area contributed by atoms with E-state index in [-0.39, 0.29) is 11.5 Å². The number of carbonyl (C=O) groups is 1. The monoisotopic (exact) mass is 328 g/mol. The molecule has 2 aromatic heterocycles. The normalized spacial score (nSPS) is 10.4. The van der Waals surface area contributed by atoms with E-state index in [4.69, 9.17) is 0 Å². The second kappa shape index (κ2) is 5.58. The summed E-state index contributed by atoms with van der Waals surface area (Å²) in [6.45, 7) is 0.484. The van der Waals surface area contributed by atoms with Gasteiger partial charge in [-0.1, -0.05) is 0 Å². The summed E-state index contributed by atoms with van der Waals surface area (Å²) in [4.78, 5) is 17.2. The molecule has 0 unspecified atom stereocenters. The highest BCUT2D eigenvalue weighted by Gasteiger charge is 2.13. The minimum atomic E-state index is -0.507. The molecule has 18 heavy (non-hydrogen) atoms. The minimum Gasteiger partial charge on any atom is -0.337 e. The summed E-state index contributed by atoms with van der Waals surface area (Å²) in [5.74, 6) is -0.753. The second-order valence-corrected chi connectivity index (χ2v) is 6.10. The van der Waals surface area contributed by atoms with Crippen molar-refractivity contribution in [3.8, 4) is 0 Å². The van der Waals surface area contributed by atoms with Crippen LogP contribution in [-0.2, 0) is 6.54 Å². The van der Waals surface area contributed by atoms with E-state index in [0.717, 1.165) is 15.5 Å². The fourth-order valence-electron chi connectivity index (χ4n) is 1.52. The number of amides is 1. The molecular weight excluding hydrogens is 319 g/mol. The summed E-state index contributed by atoms with van der Waals surface area (Å²) in [5, 5.41) is 1.97. The molecule has 0 atom stereocenters. The Hall–Kier alpha value is -1.27. The largest absolute Gasteiger partial charge is 0.337 e. The van der Waals surface area contributed by atoms with Crippen LogP contribution in [0.2, 0.25) is 0 Å². The SMILES string of the molecule is CN(Cc1csc(Br)c1)C(=O)c1cncc(F)c1. The minimum absolute atomic E-state index is 0.246. The molecule has 0 aliphatic heterocycles. The van der Waals surface area contributed by atoms with E-state index in [2.05, 4.69) is 20.9 Å². The molecule has 2 aromatic rings. The lowest BCUT2D eigenvalue weighted by molar-refractivity contribution is 0.0784. The lowest BCUT2D eigenvalue weighted by Crippen LogP contribution is -2.26. The Morgan fingerprint density at radius 1 is 1.50 bits per heavy atom. The van der Waals surface area contributed by atoms with E-state index in [9.17, 15) is 9.18 Å². The van der Waals surface area contributed by atoms with E-state index in [1.165, 1.54) is 17.2 Å². The fourth-order valence-corrected chi connectivity index (χ4v) is 2.72. The Bertz CT molecular complexity index is 573. The van der Waals surface area contributed by atoms with Crippen molar-refractivity contribution in [2.45, 2.75) is 6.54 Å². The molecule has 94 valence electrons. The van der Waals surface area contributed by atoms with Gasteiger partial charge in [0.2, 0.25) is 0 Å². The number of aromatic nitrogens is 1. The summed E-state index contributed by atoms with van der Waals surface area (Å²) < 4.78 is 14.0. The molecule has 0 bridgehead atoms. The molecule has 0 aromatic carbocycles. The number of thiophene rings is 1. The average Bonchev–Trinajstić information content (AvgIpc) is 2.73. The molecular formula is C12H10BrFN2OS. The van der Waals surface area contributed by atoms with Crippen LogP contribution < -0.4 is 0 Å². The van der Waals surface area contributed by atoms with E-state index < -0.39 is 5.82 Å². The molecule has 0 spiro atoms. The van der Waals surface area contributed by atoms with Gasteiger partial charge < -0.3 is 4.90 Å². The maximum absolute atomic E-state index is 13.0. The van der Waals surface area contributed by atoms with Crippen molar-refractivity contribution in [3.63, 3.8) is 0 Å². The van der Waals surface area contributed by atoms with Crippen LogP contribution in [0.25, 0.3) is 0 Å². The average molecular weight is 329 g/mol. The van der Waals surface area contributed by atoms with Crippen molar-refractivity contribution >= 4 is 33.2 Å². The van der Waals surface area contributed by atoms with Crippen LogP contribution in [-0.4, -0.2) is 22.8 Å². The van der Waals surface area contributed by atoms with Crippen molar-refractivity contribution in [2.24, 2.45) is 0 Å². The van der Waals surface area contributed by atoms with E-state index >= 15 is 0 Å². The second-order valence-electron chi connectivity index (χ2n) is 3.81. The number of pyridine rings is 1. The van der Waals surface area contributed by atoms with Crippen molar-refractivity contribution < 1.29 is 9.18 Å². The Morgan fingerprint density at radius 2 is 2.28 bits per heavy atom. The molecule has 0 fully saturated rings. The Labute approximate surface area is 116 Å². The van der Waals surface area contributed by atoms with Crippen molar-refractivity contribution in [2.75, 3.05) is 7.05 Å². The third-order valence-electron chi connectivity index (χ3n) is 2.34. The van der Waals surface area contributed by atoms with Gasteiger partial charge in [0.25, 0.3) is 5.91 Å². The molecule has 0 saturated carbocycles. The van der Waals surface area contributed by atoms with Gasteiger partial charge in [-0.05, 0) is 39.0 Å². The first-order valence-electron chi connectivity index (χ1n) is 5.15. The van der Waals surface area contributed by atoms with E-state index in [1.54, 1.807) is 18.4 Å². The summed E-state index contributed by atoms with van der Waals surface area (Å²) >= 11 is 4.93. The number of halogens is 2. The highest BCUT2D eigenvalue weighted by Crippen LogP contribution is 2.21. The fraction of sp³-hybridized carbons (Fsp3) is 0.167. The van der Waals surface area contributed by atoms with Crippen LogP contribution in [0.5, 0.6) is 0 Å². The van der Waals surface area contributed by atoms with Gasteiger partial charge in [0.15, 0.2) is 0 Å². The predicted octanol–water partition coefficient (Wildman–Crippen LogP) is 3.32. The van der Waals surface area contributed by atoms with E-state index in [1.807, 2.05) is 11.4 Å². The zero-order valence-electron chi connectivity index (χ0n) is 9.56. The Kier molecular flexibility index (Phi) is 4.08. The topological polar surface area (TPSA) is 33.2 Å². The number of carbonyl (C=O) groups excluding carboxylic acids is 1. The maximum Gasteiger partial charge on any atom is 0.255 e. The van der Waals surface area contributed by atoms with Gasteiger partial charge in [-0.2, -0.15) is 0 Å². The zero-order valence-corrected chi connectivity index (χ0v) is 12.0. The zero-order chi connectivity index (χ0) is 13.1. The van der Waals surface area contributed by atoms with Gasteiger partial charge in [0.1, 0.15) is 5.82 Å². The first kappa shape index (κ1) is 13.2. The third kappa shape index (κ3) is 3.14. The van der Waals surface area contributed by atoms with Gasteiger partial charge in [0, 0.05) is 19.8 Å². The molecule has 3 nitrogen and oxygen atoms in total. The predicted molar refractivity (Wildman–Crippen MR) is 72.0 cm³/mol. The number of nitrogens with zero attached hydrogens (tertiary/aromatic N) is 2. The molecule has 2 rings (SSSR count). The highest BCUT2D eigenvalue weighted by molar-refractivity contribution is 9.11. The lowest BCUT2D eigenvalue weighted by atomic mass is 10.2. The maximum atomic E-state index is 13.0. The van der Waals surface area contributed by atoms with Crippen molar-refractivity contribution in [1.29, 1.82) is 0 Å². The van der Waals surface area contributed by atoms with Crippen LogP contribution in [0.15, 0.2) is 33.7 Å². The summed E-state index contributed by atoms with van der Waals surface area (Å²) in [6.07, 6.45) is 2.44. The first-order chi connectivity index (χ1) is 8.56. The standard InChI is InChI=1S/C12H10BrFN2OS/c1-16(6-8-2-11(13)18-7-8)12(17)9-3-10(14)5-15-4-9/h2-5,7H,6H2,1H3. The smallest absolute Gasteiger partial charge is 0.255 e. The first-order valence-corrected chi connectivity index (χ1v) is 6.82. The highest BCUT2D eigenvalue weighted by atomic mass is 79.9. The van der Waals surface area contributed by atoms with Crippen LogP contribution in [0, 0.1) is 5.82 Å². The number of hydrogen-bond donors (Lipinski definition) is 0. The third-order valence-corrected chi connectivity index (χ3v) is 3.89. The quantitative estimate of drug-likeness (QED) is 0.865. The van der Waals surface area contributed by atoms with Crippen molar-refractivity contribution in [3.05, 3.63) is 50.6 Å². The molecule has 1 amide bonds. The van der Waals surface area contributed by atoms with Crippen LogP contribution >= 0.6 is 27.3 Å². The van der Waals surface area contributed by atoms with Gasteiger partial charge in [-0.25, -0.2) is 4.39 Å². The molecule has 0 N–H and O–H groups in total. The van der Waals surface area contributed by atoms with Crippen LogP contribution in [0.3, 0.4) is 0 Å². The number of hydrogen-bond acceptors (Lipinski definition) is 3. The van der Waals surface area contributed by atoms with Gasteiger partial charge >= 0.3 is 0 Å². The van der Waals surface area contributed by atoms with Gasteiger partial charge in [-0.15, -0.1) is 11.3 Å². The van der Waals surface area contributed by atoms with Crippen LogP contribution in [0.4, 0.5) is 4.39 Å². The van der Waals surface area contributed by atoms with E-state index in [0.29, 0.717) is 6.54 Å². The number of rotatable bonds is 3. The summed E-state index contributed by atoms with van der Waals surface area (Å²) in [6, 6.07) is 3.15. The molecule has 2 heterocycles. The molecule has 0 radical (unpaired) electrons. The molecule has 0 aliphatic carbocycles. The molecule has 0 aliphatic rings. The van der Waals surface area contributed by atoms with Crippen molar-refractivity contribution in [1.82, 2.24) is 9.88 Å². The summed E-state index contributed by atoms with van der Waals surface area (Å²) in [7, 11) is 1.68. The van der Waals surface area contributed by atoms with Crippen LogP contribution in [0.1, 0.15) is 15.9 Å². The van der Waals surface area contributed by atoms with Gasteiger partial charge in [-0.3, -0.25) is 9.78 Å². The summed E-state index contributed by atoms with van der Waals surface area (Å²) in [5.41, 5.74) is 1.29. The Morgan fingerprint density at radius 3 is 2.89 bits per heavy atom. The lowest BCUT2D eigenvalue weighted by Gasteiger charge is -2.16. The molecule has 0 saturated heterocycles.